The molecule has 0 fully saturated rings. The molecule has 0 spiro atoms. The molecule has 1 N–H and O–H groups in total. The van der Waals surface area contributed by atoms with E-state index in [1.54, 1.807) is 13.0 Å². The van der Waals surface area contributed by atoms with Crippen molar-refractivity contribution in [3.63, 3.8) is 0 Å². The number of carbonyl (C=O) groups is 1. The number of ketones is 1. The van der Waals surface area contributed by atoms with Crippen molar-refractivity contribution >= 4 is 25.2 Å². The molecule has 0 amide bonds. The fourth-order valence-electron chi connectivity index (χ4n) is 1.29. The first-order valence-electron chi connectivity index (χ1n) is 5.29. The molecule has 0 aromatic heterocycles. The van der Waals surface area contributed by atoms with Gasteiger partial charge in [-0.05, 0) is 0 Å². The molecule has 0 aliphatic carbocycles. The summed E-state index contributed by atoms with van der Waals surface area (Å²) in [5.41, 5.74) is 0.955. The molecule has 1 aromatic rings. The van der Waals surface area contributed by atoms with Gasteiger partial charge in [0.1, 0.15) is 0 Å². The van der Waals surface area contributed by atoms with Crippen LogP contribution in [0.5, 0.6) is 0 Å². The molecule has 3 heteroatoms. The first kappa shape index (κ1) is 13.0. The number of hydrogen-bond acceptors (Lipinski definition) is 2. The van der Waals surface area contributed by atoms with E-state index in [9.17, 15) is 4.79 Å². The average molecular weight is 282 g/mol. The van der Waals surface area contributed by atoms with Gasteiger partial charge in [0.2, 0.25) is 0 Å². The van der Waals surface area contributed by atoms with E-state index in [4.69, 9.17) is 0 Å². The van der Waals surface area contributed by atoms with Crippen molar-refractivity contribution in [2.75, 3.05) is 6.54 Å². The van der Waals surface area contributed by atoms with Crippen LogP contribution >= 0.6 is 0 Å². The Bertz CT molecular complexity index is 359. The standard InChI is InChI=1S/C13H17NOSe/c1-11(10-12(2)15)14-8-9-16-13-6-4-3-5-7-13/h3-7,10,14H,8-9H2,1-2H3/b11-10+. The number of allylic oxidation sites excluding steroid dienone is 2. The second-order valence-corrected chi connectivity index (χ2v) is 5.98. The van der Waals surface area contributed by atoms with E-state index in [1.165, 1.54) is 4.46 Å². The van der Waals surface area contributed by atoms with E-state index in [2.05, 4.69) is 29.6 Å². The summed E-state index contributed by atoms with van der Waals surface area (Å²) in [6, 6.07) is 10.5. The predicted molar refractivity (Wildman–Crippen MR) is 69.1 cm³/mol. The third-order valence-corrected chi connectivity index (χ3v) is 4.06. The zero-order valence-corrected chi connectivity index (χ0v) is 11.4. The van der Waals surface area contributed by atoms with Crippen molar-refractivity contribution in [3.8, 4) is 0 Å². The Morgan fingerprint density at radius 2 is 2.00 bits per heavy atom. The van der Waals surface area contributed by atoms with Crippen LogP contribution in [0.15, 0.2) is 42.1 Å². The molecule has 16 heavy (non-hydrogen) atoms. The molecule has 0 aliphatic rings. The monoisotopic (exact) mass is 283 g/mol. The molecule has 0 unspecified atom stereocenters. The third kappa shape index (κ3) is 5.74. The normalized spacial score (nSPS) is 11.2. The molecule has 0 saturated carbocycles. The molecule has 0 radical (unpaired) electrons. The molecular formula is C13H17NOSe. The summed E-state index contributed by atoms with van der Waals surface area (Å²) in [4.78, 5) is 10.8. The third-order valence-electron chi connectivity index (χ3n) is 1.94. The van der Waals surface area contributed by atoms with Gasteiger partial charge in [-0.1, -0.05) is 0 Å². The summed E-state index contributed by atoms with van der Waals surface area (Å²) in [5.74, 6) is 0.0959. The minimum atomic E-state index is 0.0959. The summed E-state index contributed by atoms with van der Waals surface area (Å²) in [6.07, 6.45) is 1.63. The Morgan fingerprint density at radius 1 is 1.31 bits per heavy atom. The van der Waals surface area contributed by atoms with Crippen molar-refractivity contribution in [1.82, 2.24) is 5.32 Å². The summed E-state index contributed by atoms with van der Waals surface area (Å²) in [7, 11) is 0. The molecule has 1 rings (SSSR count). The maximum absolute atomic E-state index is 10.8. The number of benzene rings is 1. The van der Waals surface area contributed by atoms with Crippen molar-refractivity contribution in [3.05, 3.63) is 42.1 Å². The Labute approximate surface area is 103 Å². The second-order valence-electron chi connectivity index (χ2n) is 3.53. The SMILES string of the molecule is CC(=O)/C=C(\C)NCC[Se]c1ccccc1. The molecule has 0 aliphatic heterocycles. The van der Waals surface area contributed by atoms with Gasteiger partial charge in [0.05, 0.1) is 0 Å². The number of rotatable bonds is 6. The van der Waals surface area contributed by atoms with Gasteiger partial charge >= 0.3 is 103 Å². The number of carbonyl (C=O) groups excluding carboxylic acids is 1. The van der Waals surface area contributed by atoms with E-state index in [0.29, 0.717) is 15.0 Å². The van der Waals surface area contributed by atoms with E-state index in [-0.39, 0.29) is 5.78 Å². The fourth-order valence-corrected chi connectivity index (χ4v) is 2.95. The Balaban J connectivity index is 2.20. The van der Waals surface area contributed by atoms with Crippen LogP contribution in [0.1, 0.15) is 13.8 Å². The van der Waals surface area contributed by atoms with E-state index >= 15 is 0 Å². The van der Waals surface area contributed by atoms with E-state index < -0.39 is 0 Å². The molecule has 2 nitrogen and oxygen atoms in total. The van der Waals surface area contributed by atoms with E-state index in [1.807, 2.05) is 13.0 Å². The van der Waals surface area contributed by atoms with Crippen LogP contribution in [0.3, 0.4) is 0 Å². The van der Waals surface area contributed by atoms with Crippen molar-refractivity contribution < 1.29 is 4.79 Å². The maximum atomic E-state index is 10.8. The zero-order chi connectivity index (χ0) is 11.8. The van der Waals surface area contributed by atoms with Gasteiger partial charge in [-0.2, -0.15) is 0 Å². The molecular weight excluding hydrogens is 265 g/mol. The van der Waals surface area contributed by atoms with Crippen LogP contribution < -0.4 is 9.78 Å². The molecule has 1 aromatic carbocycles. The van der Waals surface area contributed by atoms with Gasteiger partial charge in [0.25, 0.3) is 0 Å². The second kappa shape index (κ2) is 7.26. The van der Waals surface area contributed by atoms with Crippen molar-refractivity contribution in [2.24, 2.45) is 0 Å². The molecule has 0 saturated heterocycles. The van der Waals surface area contributed by atoms with Gasteiger partial charge in [-0.25, -0.2) is 0 Å². The van der Waals surface area contributed by atoms with Crippen molar-refractivity contribution in [1.29, 1.82) is 0 Å². The summed E-state index contributed by atoms with van der Waals surface area (Å²) >= 11 is 0.519. The Kier molecular flexibility index (Phi) is 5.91. The Morgan fingerprint density at radius 3 is 2.62 bits per heavy atom. The van der Waals surface area contributed by atoms with Crippen LogP contribution in [0.25, 0.3) is 0 Å². The quantitative estimate of drug-likeness (QED) is 0.487. The average Bonchev–Trinajstić information content (AvgIpc) is 2.25. The number of hydrogen-bond donors (Lipinski definition) is 1. The molecule has 0 atom stereocenters. The van der Waals surface area contributed by atoms with Crippen LogP contribution in [0, 0.1) is 0 Å². The fraction of sp³-hybridized carbons (Fsp3) is 0.308. The minimum absolute atomic E-state index is 0.0959. The van der Waals surface area contributed by atoms with Crippen LogP contribution in [-0.2, 0) is 4.79 Å². The first-order chi connectivity index (χ1) is 7.68. The summed E-state index contributed by atoms with van der Waals surface area (Å²) in [5, 5.41) is 4.38. The van der Waals surface area contributed by atoms with Crippen LogP contribution in [0.2, 0.25) is 5.32 Å². The molecule has 0 bridgehead atoms. The summed E-state index contributed by atoms with van der Waals surface area (Å²) in [6.45, 7) is 4.43. The van der Waals surface area contributed by atoms with Gasteiger partial charge in [0, 0.05) is 0 Å². The van der Waals surface area contributed by atoms with Crippen molar-refractivity contribution in [2.45, 2.75) is 19.2 Å². The van der Waals surface area contributed by atoms with Crippen LogP contribution in [-0.4, -0.2) is 27.3 Å². The van der Waals surface area contributed by atoms with Gasteiger partial charge in [0.15, 0.2) is 0 Å². The van der Waals surface area contributed by atoms with Crippen LogP contribution in [0.4, 0.5) is 0 Å². The van der Waals surface area contributed by atoms with Gasteiger partial charge in [-0.15, -0.1) is 0 Å². The van der Waals surface area contributed by atoms with Gasteiger partial charge < -0.3 is 0 Å². The number of nitrogens with one attached hydrogen (secondary N) is 1. The predicted octanol–water partition coefficient (Wildman–Crippen LogP) is 1.52. The van der Waals surface area contributed by atoms with Gasteiger partial charge in [-0.3, -0.25) is 0 Å². The Hall–Kier alpha value is -1.05. The topological polar surface area (TPSA) is 29.1 Å². The molecule has 86 valence electrons. The summed E-state index contributed by atoms with van der Waals surface area (Å²) < 4.78 is 1.42. The first-order valence-corrected chi connectivity index (χ1v) is 7.36. The molecule has 0 heterocycles. The zero-order valence-electron chi connectivity index (χ0n) is 9.69. The van der Waals surface area contributed by atoms with E-state index in [0.717, 1.165) is 17.6 Å².